The van der Waals surface area contributed by atoms with Crippen molar-refractivity contribution < 1.29 is 14.3 Å². The second kappa shape index (κ2) is 4.62. The van der Waals surface area contributed by atoms with Crippen molar-refractivity contribution in [2.75, 3.05) is 5.32 Å². The molecular formula is C13H11FN2O2S. The van der Waals surface area contributed by atoms with Crippen LogP contribution in [0.3, 0.4) is 0 Å². The molecule has 2 aromatic rings. The van der Waals surface area contributed by atoms with E-state index in [-0.39, 0.29) is 11.3 Å². The first kappa shape index (κ1) is 12.1. The molecular weight excluding hydrogens is 267 g/mol. The summed E-state index contributed by atoms with van der Waals surface area (Å²) in [7, 11) is 0. The number of carbonyl (C=O) groups is 1. The molecule has 1 fully saturated rings. The lowest BCUT2D eigenvalue weighted by atomic mass is 10.2. The Hall–Kier alpha value is -1.95. The molecule has 0 aliphatic heterocycles. The Morgan fingerprint density at radius 1 is 1.47 bits per heavy atom. The summed E-state index contributed by atoms with van der Waals surface area (Å²) in [5, 5.41) is 14.6. The SMILES string of the molecule is O=C(Nc1nc(C2CC2)cs1)c1ccc(F)cc1O. The molecule has 0 saturated heterocycles. The minimum absolute atomic E-state index is 0.0320. The fourth-order valence-corrected chi connectivity index (χ4v) is 2.56. The highest BCUT2D eigenvalue weighted by atomic mass is 32.1. The summed E-state index contributed by atoms with van der Waals surface area (Å²) in [4.78, 5) is 16.2. The molecule has 98 valence electrons. The number of rotatable bonds is 3. The average molecular weight is 278 g/mol. The van der Waals surface area contributed by atoms with E-state index in [1.54, 1.807) is 0 Å². The molecule has 0 radical (unpaired) electrons. The number of phenols is 1. The summed E-state index contributed by atoms with van der Waals surface area (Å²) in [6, 6.07) is 3.29. The molecule has 19 heavy (non-hydrogen) atoms. The van der Waals surface area contributed by atoms with Gasteiger partial charge >= 0.3 is 0 Å². The molecule has 1 aromatic carbocycles. The van der Waals surface area contributed by atoms with Gasteiger partial charge in [-0.15, -0.1) is 11.3 Å². The Balaban J connectivity index is 1.76. The van der Waals surface area contributed by atoms with E-state index in [1.165, 1.54) is 17.4 Å². The number of benzene rings is 1. The van der Waals surface area contributed by atoms with Crippen LogP contribution in [0.25, 0.3) is 0 Å². The Morgan fingerprint density at radius 2 is 2.26 bits per heavy atom. The van der Waals surface area contributed by atoms with Gasteiger partial charge in [-0.1, -0.05) is 0 Å². The third-order valence-electron chi connectivity index (χ3n) is 2.94. The second-order valence-electron chi connectivity index (χ2n) is 4.47. The molecule has 0 spiro atoms. The lowest BCUT2D eigenvalue weighted by molar-refractivity contribution is 0.102. The normalized spacial score (nSPS) is 14.4. The van der Waals surface area contributed by atoms with Crippen molar-refractivity contribution in [3.63, 3.8) is 0 Å². The van der Waals surface area contributed by atoms with Crippen molar-refractivity contribution in [3.05, 3.63) is 40.7 Å². The zero-order chi connectivity index (χ0) is 13.4. The molecule has 1 amide bonds. The van der Waals surface area contributed by atoms with E-state index >= 15 is 0 Å². The van der Waals surface area contributed by atoms with Crippen LogP contribution in [0.2, 0.25) is 0 Å². The molecule has 1 saturated carbocycles. The van der Waals surface area contributed by atoms with E-state index in [0.29, 0.717) is 11.0 Å². The molecule has 6 heteroatoms. The van der Waals surface area contributed by atoms with Crippen LogP contribution in [-0.2, 0) is 0 Å². The smallest absolute Gasteiger partial charge is 0.261 e. The van der Waals surface area contributed by atoms with Crippen LogP contribution in [-0.4, -0.2) is 16.0 Å². The standard InChI is InChI=1S/C13H11FN2O2S/c14-8-3-4-9(11(17)5-8)12(18)16-13-15-10(6-19-13)7-1-2-7/h3-7,17H,1-2H2,(H,15,16,18). The van der Waals surface area contributed by atoms with Crippen molar-refractivity contribution in [2.24, 2.45) is 0 Å². The van der Waals surface area contributed by atoms with E-state index < -0.39 is 11.7 Å². The highest BCUT2D eigenvalue weighted by Gasteiger charge is 2.26. The number of amides is 1. The monoisotopic (exact) mass is 278 g/mol. The van der Waals surface area contributed by atoms with E-state index in [2.05, 4.69) is 10.3 Å². The summed E-state index contributed by atoms with van der Waals surface area (Å²) >= 11 is 1.35. The molecule has 4 nitrogen and oxygen atoms in total. The van der Waals surface area contributed by atoms with Crippen molar-refractivity contribution >= 4 is 22.4 Å². The minimum Gasteiger partial charge on any atom is -0.507 e. The van der Waals surface area contributed by atoms with Gasteiger partial charge in [0, 0.05) is 17.4 Å². The van der Waals surface area contributed by atoms with Crippen molar-refractivity contribution in [1.29, 1.82) is 0 Å². The first-order valence-electron chi connectivity index (χ1n) is 5.89. The Morgan fingerprint density at radius 3 is 2.95 bits per heavy atom. The van der Waals surface area contributed by atoms with Gasteiger partial charge in [0.05, 0.1) is 11.3 Å². The average Bonchev–Trinajstić information content (AvgIpc) is 3.10. The first-order valence-corrected chi connectivity index (χ1v) is 6.77. The fraction of sp³-hybridized carbons (Fsp3) is 0.231. The van der Waals surface area contributed by atoms with E-state index in [0.717, 1.165) is 30.7 Å². The van der Waals surface area contributed by atoms with Gasteiger partial charge in [-0.3, -0.25) is 10.1 Å². The topological polar surface area (TPSA) is 62.2 Å². The maximum atomic E-state index is 12.8. The second-order valence-corrected chi connectivity index (χ2v) is 5.33. The van der Waals surface area contributed by atoms with Crippen LogP contribution in [0.4, 0.5) is 9.52 Å². The molecule has 1 aliphatic carbocycles. The van der Waals surface area contributed by atoms with Gasteiger partial charge in [0.25, 0.3) is 5.91 Å². The van der Waals surface area contributed by atoms with Gasteiger partial charge in [0.1, 0.15) is 11.6 Å². The molecule has 1 aromatic heterocycles. The van der Waals surface area contributed by atoms with Crippen LogP contribution in [0.1, 0.15) is 34.8 Å². The van der Waals surface area contributed by atoms with Gasteiger partial charge in [0.15, 0.2) is 5.13 Å². The number of halogens is 1. The summed E-state index contributed by atoms with van der Waals surface area (Å²) in [6.45, 7) is 0. The molecule has 0 atom stereocenters. The summed E-state index contributed by atoms with van der Waals surface area (Å²) in [5.74, 6) is -0.925. The number of nitrogens with one attached hydrogen (secondary N) is 1. The summed E-state index contributed by atoms with van der Waals surface area (Å²) in [6.07, 6.45) is 2.30. The minimum atomic E-state index is -0.584. The molecule has 0 bridgehead atoms. The van der Waals surface area contributed by atoms with Crippen LogP contribution in [0.15, 0.2) is 23.6 Å². The number of thiazole rings is 1. The number of aromatic nitrogens is 1. The van der Waals surface area contributed by atoms with Crippen LogP contribution in [0, 0.1) is 5.82 Å². The number of aromatic hydroxyl groups is 1. The third kappa shape index (κ3) is 2.58. The van der Waals surface area contributed by atoms with Gasteiger partial charge < -0.3 is 5.11 Å². The van der Waals surface area contributed by atoms with Crippen LogP contribution >= 0.6 is 11.3 Å². The number of anilines is 1. The van der Waals surface area contributed by atoms with Crippen molar-refractivity contribution in [3.8, 4) is 5.75 Å². The van der Waals surface area contributed by atoms with E-state index in [4.69, 9.17) is 0 Å². The van der Waals surface area contributed by atoms with E-state index in [1.807, 2.05) is 5.38 Å². The van der Waals surface area contributed by atoms with Gasteiger partial charge in [0.2, 0.25) is 0 Å². The Kier molecular flexibility index (Phi) is 2.94. The van der Waals surface area contributed by atoms with Crippen molar-refractivity contribution in [1.82, 2.24) is 4.98 Å². The van der Waals surface area contributed by atoms with Crippen LogP contribution in [0.5, 0.6) is 5.75 Å². The zero-order valence-corrected chi connectivity index (χ0v) is 10.7. The third-order valence-corrected chi connectivity index (χ3v) is 3.72. The first-order chi connectivity index (χ1) is 9.13. The molecule has 2 N–H and O–H groups in total. The molecule has 1 aliphatic rings. The molecule has 0 unspecified atom stereocenters. The predicted octanol–water partition coefficient (Wildman–Crippen LogP) is 3.12. The maximum absolute atomic E-state index is 12.8. The van der Waals surface area contributed by atoms with Gasteiger partial charge in [-0.25, -0.2) is 9.37 Å². The van der Waals surface area contributed by atoms with Crippen molar-refractivity contribution in [2.45, 2.75) is 18.8 Å². The van der Waals surface area contributed by atoms with E-state index in [9.17, 15) is 14.3 Å². The summed E-state index contributed by atoms with van der Waals surface area (Å²) < 4.78 is 12.8. The summed E-state index contributed by atoms with van der Waals surface area (Å²) in [5.41, 5.74) is 1.04. The number of hydrogen-bond donors (Lipinski definition) is 2. The Bertz CT molecular complexity index is 637. The zero-order valence-electron chi connectivity index (χ0n) is 9.89. The highest BCUT2D eigenvalue weighted by molar-refractivity contribution is 7.14. The lowest BCUT2D eigenvalue weighted by Crippen LogP contribution is -2.12. The molecule has 3 rings (SSSR count). The van der Waals surface area contributed by atoms with Gasteiger partial charge in [-0.05, 0) is 25.0 Å². The fourth-order valence-electron chi connectivity index (χ4n) is 1.77. The Labute approximate surface area is 112 Å². The highest BCUT2D eigenvalue weighted by Crippen LogP contribution is 2.40. The largest absolute Gasteiger partial charge is 0.507 e. The maximum Gasteiger partial charge on any atom is 0.261 e. The number of hydrogen-bond acceptors (Lipinski definition) is 4. The molecule has 1 heterocycles. The predicted molar refractivity (Wildman–Crippen MR) is 70.1 cm³/mol. The van der Waals surface area contributed by atoms with Crippen LogP contribution < -0.4 is 5.32 Å². The number of carbonyl (C=O) groups excluding carboxylic acids is 1. The number of nitrogens with zero attached hydrogens (tertiary/aromatic N) is 1. The lowest BCUT2D eigenvalue weighted by Gasteiger charge is -2.04. The number of phenolic OH excluding ortho intramolecular Hbond substituents is 1. The quantitative estimate of drug-likeness (QED) is 0.906. The van der Waals surface area contributed by atoms with Gasteiger partial charge in [-0.2, -0.15) is 0 Å².